The van der Waals surface area contributed by atoms with Crippen LogP contribution in [0, 0.1) is 6.92 Å². The molecule has 2 N–H and O–H groups in total. The molecule has 0 aliphatic carbocycles. The molecule has 0 spiro atoms. The van der Waals surface area contributed by atoms with Gasteiger partial charge in [0.15, 0.2) is 0 Å². The summed E-state index contributed by atoms with van der Waals surface area (Å²) in [5.74, 6) is -1.10. The second-order valence-electron chi connectivity index (χ2n) is 7.26. The highest BCUT2D eigenvalue weighted by atomic mass is 16.6. The third-order valence-corrected chi connectivity index (χ3v) is 3.81. The first-order chi connectivity index (χ1) is 12.2. The third-order valence-electron chi connectivity index (χ3n) is 3.81. The molecule has 5 nitrogen and oxygen atoms in total. The van der Waals surface area contributed by atoms with E-state index in [1.807, 2.05) is 55.5 Å². The SMILES string of the molecule is Cc1ccccc1-c1cccc(C[C@H](NC(=O)OC(C)(C)C)C(=O)O)c1. The number of nitrogens with one attached hydrogen (secondary N) is 1. The number of hydrogen-bond donors (Lipinski definition) is 2. The zero-order valence-corrected chi connectivity index (χ0v) is 15.6. The maximum atomic E-state index is 11.9. The number of ether oxygens (including phenoxy) is 1. The lowest BCUT2D eigenvalue weighted by Gasteiger charge is -2.22. The molecular weight excluding hydrogens is 330 g/mol. The number of aliphatic carboxylic acids is 1. The Morgan fingerprint density at radius 3 is 2.42 bits per heavy atom. The molecule has 0 heterocycles. The summed E-state index contributed by atoms with van der Waals surface area (Å²) >= 11 is 0. The molecule has 138 valence electrons. The van der Waals surface area contributed by atoms with E-state index >= 15 is 0 Å². The lowest BCUT2D eigenvalue weighted by molar-refractivity contribution is -0.139. The van der Waals surface area contributed by atoms with E-state index in [2.05, 4.69) is 5.32 Å². The van der Waals surface area contributed by atoms with Crippen LogP contribution in [0.2, 0.25) is 0 Å². The molecule has 0 fully saturated rings. The molecule has 0 aliphatic heterocycles. The minimum absolute atomic E-state index is 0.175. The van der Waals surface area contributed by atoms with Crippen LogP contribution in [0.15, 0.2) is 48.5 Å². The molecule has 0 aliphatic rings. The molecule has 0 unspecified atom stereocenters. The van der Waals surface area contributed by atoms with Gasteiger partial charge in [-0.05, 0) is 49.9 Å². The van der Waals surface area contributed by atoms with E-state index in [9.17, 15) is 14.7 Å². The average Bonchev–Trinajstić information content (AvgIpc) is 2.53. The minimum Gasteiger partial charge on any atom is -0.480 e. The zero-order chi connectivity index (χ0) is 19.3. The van der Waals surface area contributed by atoms with Crippen LogP contribution in [-0.2, 0) is 16.0 Å². The summed E-state index contributed by atoms with van der Waals surface area (Å²) < 4.78 is 5.15. The molecule has 5 heteroatoms. The van der Waals surface area contributed by atoms with Crippen LogP contribution in [0.3, 0.4) is 0 Å². The highest BCUT2D eigenvalue weighted by Crippen LogP contribution is 2.24. The fourth-order valence-corrected chi connectivity index (χ4v) is 2.65. The van der Waals surface area contributed by atoms with Crippen molar-refractivity contribution in [3.05, 3.63) is 59.7 Å². The fraction of sp³-hybridized carbons (Fsp3) is 0.333. The molecule has 0 saturated heterocycles. The molecule has 0 bridgehead atoms. The van der Waals surface area contributed by atoms with Crippen molar-refractivity contribution in [3.8, 4) is 11.1 Å². The molecule has 26 heavy (non-hydrogen) atoms. The van der Waals surface area contributed by atoms with Gasteiger partial charge in [0.05, 0.1) is 0 Å². The van der Waals surface area contributed by atoms with Crippen LogP contribution in [0.4, 0.5) is 4.79 Å². The average molecular weight is 355 g/mol. The first kappa shape index (κ1) is 19.5. The van der Waals surface area contributed by atoms with Crippen molar-refractivity contribution in [1.82, 2.24) is 5.32 Å². The Bertz CT molecular complexity index is 793. The number of amides is 1. The van der Waals surface area contributed by atoms with Crippen LogP contribution >= 0.6 is 0 Å². The predicted molar refractivity (Wildman–Crippen MR) is 101 cm³/mol. The lowest BCUT2D eigenvalue weighted by atomic mass is 9.97. The summed E-state index contributed by atoms with van der Waals surface area (Å²) in [5, 5.41) is 11.9. The van der Waals surface area contributed by atoms with E-state index in [1.165, 1.54) is 0 Å². The van der Waals surface area contributed by atoms with E-state index in [0.29, 0.717) is 0 Å². The first-order valence-corrected chi connectivity index (χ1v) is 8.53. The van der Waals surface area contributed by atoms with Crippen LogP contribution in [0.5, 0.6) is 0 Å². The number of hydrogen-bond acceptors (Lipinski definition) is 3. The van der Waals surface area contributed by atoms with Gasteiger partial charge in [-0.25, -0.2) is 9.59 Å². The number of carbonyl (C=O) groups excluding carboxylic acids is 1. The molecular formula is C21H25NO4. The van der Waals surface area contributed by atoms with E-state index in [0.717, 1.165) is 22.3 Å². The number of rotatable bonds is 5. The van der Waals surface area contributed by atoms with E-state index in [-0.39, 0.29) is 6.42 Å². The van der Waals surface area contributed by atoms with Crippen LogP contribution in [0.25, 0.3) is 11.1 Å². The number of benzene rings is 2. The molecule has 0 radical (unpaired) electrons. The van der Waals surface area contributed by atoms with Crippen molar-refractivity contribution in [2.45, 2.75) is 45.8 Å². The van der Waals surface area contributed by atoms with Crippen molar-refractivity contribution >= 4 is 12.1 Å². The number of aryl methyl sites for hydroxylation is 1. The molecule has 2 aromatic rings. The molecule has 0 saturated carbocycles. The van der Waals surface area contributed by atoms with Gasteiger partial charge in [0, 0.05) is 6.42 Å². The molecule has 2 aromatic carbocycles. The van der Waals surface area contributed by atoms with Crippen molar-refractivity contribution in [3.63, 3.8) is 0 Å². The maximum Gasteiger partial charge on any atom is 0.408 e. The van der Waals surface area contributed by atoms with Crippen molar-refractivity contribution in [1.29, 1.82) is 0 Å². The number of carbonyl (C=O) groups is 2. The normalized spacial score (nSPS) is 12.3. The maximum absolute atomic E-state index is 11.9. The van der Waals surface area contributed by atoms with Crippen molar-refractivity contribution < 1.29 is 19.4 Å². The van der Waals surface area contributed by atoms with Gasteiger partial charge in [0.25, 0.3) is 0 Å². The van der Waals surface area contributed by atoms with Gasteiger partial charge in [-0.1, -0.05) is 48.5 Å². The summed E-state index contributed by atoms with van der Waals surface area (Å²) in [6.07, 6.45) is -0.561. The van der Waals surface area contributed by atoms with Crippen LogP contribution in [0.1, 0.15) is 31.9 Å². The van der Waals surface area contributed by atoms with Crippen molar-refractivity contribution in [2.24, 2.45) is 0 Å². The van der Waals surface area contributed by atoms with E-state index < -0.39 is 23.7 Å². The second-order valence-corrected chi connectivity index (χ2v) is 7.26. The quantitative estimate of drug-likeness (QED) is 0.843. The largest absolute Gasteiger partial charge is 0.480 e. The Kier molecular flexibility index (Phi) is 6.03. The van der Waals surface area contributed by atoms with Gasteiger partial charge >= 0.3 is 12.1 Å². The highest BCUT2D eigenvalue weighted by molar-refractivity contribution is 5.80. The Labute approximate surface area is 154 Å². The van der Waals surface area contributed by atoms with Gasteiger partial charge in [-0.3, -0.25) is 0 Å². The Balaban J connectivity index is 2.17. The molecule has 2 rings (SSSR count). The van der Waals surface area contributed by atoms with Gasteiger partial charge in [-0.2, -0.15) is 0 Å². The summed E-state index contributed by atoms with van der Waals surface area (Å²) in [6, 6.07) is 14.6. The first-order valence-electron chi connectivity index (χ1n) is 8.53. The van der Waals surface area contributed by atoms with E-state index in [1.54, 1.807) is 20.8 Å². The highest BCUT2D eigenvalue weighted by Gasteiger charge is 2.24. The number of alkyl carbamates (subject to hydrolysis) is 1. The monoisotopic (exact) mass is 355 g/mol. The lowest BCUT2D eigenvalue weighted by Crippen LogP contribution is -2.44. The third kappa shape index (κ3) is 5.62. The molecule has 1 amide bonds. The smallest absolute Gasteiger partial charge is 0.408 e. The minimum atomic E-state index is -1.10. The summed E-state index contributed by atoms with van der Waals surface area (Å²) in [5.41, 5.74) is 3.40. The number of carboxylic acids is 1. The van der Waals surface area contributed by atoms with Crippen LogP contribution < -0.4 is 5.32 Å². The standard InChI is InChI=1S/C21H25NO4/c1-14-8-5-6-11-17(14)16-10-7-9-15(12-16)13-18(19(23)24)22-20(25)26-21(2,3)4/h5-12,18H,13H2,1-4H3,(H,22,25)(H,23,24)/t18-/m0/s1. The summed E-state index contributed by atoms with van der Waals surface area (Å²) in [6.45, 7) is 7.22. The Morgan fingerprint density at radius 1 is 1.12 bits per heavy atom. The topological polar surface area (TPSA) is 75.6 Å². The molecule has 0 aromatic heterocycles. The summed E-state index contributed by atoms with van der Waals surface area (Å²) in [4.78, 5) is 23.4. The van der Waals surface area contributed by atoms with Gasteiger partial charge < -0.3 is 15.2 Å². The fourth-order valence-electron chi connectivity index (χ4n) is 2.65. The predicted octanol–water partition coefficient (Wildman–Crippen LogP) is 4.18. The van der Waals surface area contributed by atoms with Gasteiger partial charge in [0.2, 0.25) is 0 Å². The van der Waals surface area contributed by atoms with Gasteiger partial charge in [0.1, 0.15) is 11.6 Å². The van der Waals surface area contributed by atoms with E-state index in [4.69, 9.17) is 4.74 Å². The summed E-state index contributed by atoms with van der Waals surface area (Å²) in [7, 11) is 0. The second kappa shape index (κ2) is 8.04. The Morgan fingerprint density at radius 2 is 1.81 bits per heavy atom. The van der Waals surface area contributed by atoms with Crippen molar-refractivity contribution in [2.75, 3.05) is 0 Å². The zero-order valence-electron chi connectivity index (χ0n) is 15.6. The Hall–Kier alpha value is -2.82. The number of carboxylic acid groups (broad SMARTS) is 1. The van der Waals surface area contributed by atoms with Crippen LogP contribution in [-0.4, -0.2) is 28.8 Å². The molecule has 1 atom stereocenters. The van der Waals surface area contributed by atoms with Gasteiger partial charge in [-0.15, -0.1) is 0 Å².